The molecule has 1 aliphatic rings. The van der Waals surface area contributed by atoms with E-state index >= 15 is 0 Å². The van der Waals surface area contributed by atoms with E-state index in [9.17, 15) is 0 Å². The molecule has 0 nitrogen and oxygen atoms in total. The summed E-state index contributed by atoms with van der Waals surface area (Å²) in [5, 5.41) is 4.79. The summed E-state index contributed by atoms with van der Waals surface area (Å²) in [5.41, 5.74) is 0.954. The largest absolute Gasteiger partial charge is 2.00 e. The van der Waals surface area contributed by atoms with Gasteiger partial charge in [0.2, 0.25) is 0 Å². The van der Waals surface area contributed by atoms with Gasteiger partial charge in [0.15, 0.2) is 0 Å². The molecule has 0 aliphatic carbocycles. The van der Waals surface area contributed by atoms with E-state index in [0.29, 0.717) is 0 Å². The third-order valence-electron chi connectivity index (χ3n) is 5.62. The molecule has 1 heterocycles. The first-order chi connectivity index (χ1) is 12.9. The molecule has 3 aromatic carbocycles. The molecule has 29 heavy (non-hydrogen) atoms. The molecule has 0 aromatic heterocycles. The van der Waals surface area contributed by atoms with Gasteiger partial charge >= 0.3 is 19.5 Å². The summed E-state index contributed by atoms with van der Waals surface area (Å²) in [5.74, 6) is 0. The molecule has 1 fully saturated rings. The van der Waals surface area contributed by atoms with Gasteiger partial charge in [0, 0.05) is 14.3 Å². The third-order valence-corrected chi connectivity index (χ3v) is 12.0. The second kappa shape index (κ2) is 13.4. The van der Waals surface area contributed by atoms with Crippen molar-refractivity contribution in [2.45, 2.75) is 24.9 Å². The average Bonchev–Trinajstić information content (AvgIpc) is 3.19. The molecule has 1 saturated heterocycles. The Labute approximate surface area is 193 Å². The maximum Gasteiger partial charge on any atom is 2.00 e. The zero-order valence-corrected chi connectivity index (χ0v) is 21.2. The minimum absolute atomic E-state index is 0. The van der Waals surface area contributed by atoms with Gasteiger partial charge in [-0.1, -0.05) is 54.6 Å². The molecule has 155 valence electrons. The van der Waals surface area contributed by atoms with E-state index in [0.717, 1.165) is 5.66 Å². The topological polar surface area (TPSA) is 0 Å². The van der Waals surface area contributed by atoms with E-state index < -0.39 is 7.92 Å². The predicted octanol–water partition coefficient (Wildman–Crippen LogP) is 5.84. The molecular weight excluding hydrogens is 477 g/mol. The van der Waals surface area contributed by atoms with Gasteiger partial charge in [-0.2, -0.15) is 0 Å². The Morgan fingerprint density at radius 3 is 1.72 bits per heavy atom. The van der Waals surface area contributed by atoms with Crippen LogP contribution in [-0.2, 0) is 19.5 Å². The molecule has 2 atom stereocenters. The first-order valence-electron chi connectivity index (χ1n) is 9.79. The summed E-state index contributed by atoms with van der Waals surface area (Å²) in [7, 11) is -1.05. The van der Waals surface area contributed by atoms with Crippen LogP contribution in [-0.4, -0.2) is 18.0 Å². The van der Waals surface area contributed by atoms with E-state index in [2.05, 4.69) is 91.0 Å². The molecule has 0 spiro atoms. The van der Waals surface area contributed by atoms with Crippen molar-refractivity contribution in [3.05, 3.63) is 106 Å². The van der Waals surface area contributed by atoms with Crippen molar-refractivity contribution in [3.8, 4) is 0 Å². The summed E-state index contributed by atoms with van der Waals surface area (Å²) in [6.07, 6.45) is 7.12. The van der Waals surface area contributed by atoms with E-state index in [1.807, 2.05) is 0 Å². The van der Waals surface area contributed by atoms with Crippen LogP contribution in [0.25, 0.3) is 0 Å². The molecular formula is C26H34P2Rh+2. The Bertz CT molecular complexity index is 753. The predicted molar refractivity (Wildman–Crippen MR) is 135 cm³/mol. The molecule has 0 amide bonds. The molecule has 1 unspecified atom stereocenters. The number of hydrogen-bond donors (Lipinski definition) is 0. The summed E-state index contributed by atoms with van der Waals surface area (Å²) >= 11 is 0. The van der Waals surface area contributed by atoms with Crippen molar-refractivity contribution >= 4 is 31.8 Å². The van der Waals surface area contributed by atoms with Gasteiger partial charge in [-0.25, -0.2) is 0 Å². The van der Waals surface area contributed by atoms with Crippen LogP contribution in [0.3, 0.4) is 0 Å². The van der Waals surface area contributed by atoms with Crippen LogP contribution >= 0.6 is 15.8 Å². The van der Waals surface area contributed by atoms with Crippen LogP contribution in [0.15, 0.2) is 91.0 Å². The molecule has 1 radical (unpaired) electrons. The fourth-order valence-electron chi connectivity index (χ4n) is 4.32. The minimum Gasteiger partial charge on any atom is -0.358 e. The van der Waals surface area contributed by atoms with Gasteiger partial charge in [-0.05, 0) is 49.2 Å². The van der Waals surface area contributed by atoms with Gasteiger partial charge in [0.1, 0.15) is 0 Å². The Hall–Kier alpha value is -0.857. The van der Waals surface area contributed by atoms with Crippen LogP contribution in [0, 0.1) is 14.9 Å². The van der Waals surface area contributed by atoms with Crippen molar-refractivity contribution in [1.82, 2.24) is 0 Å². The normalized spacial score (nSPS) is 17.7. The van der Waals surface area contributed by atoms with Gasteiger partial charge in [0.25, 0.3) is 0 Å². The maximum absolute atomic E-state index is 2.38. The number of rotatable bonds is 6. The van der Waals surface area contributed by atoms with Crippen LogP contribution < -0.4 is 15.9 Å². The standard InChI is InChI=1S/C24H26P2.2CH3.Rh/c1-4-11-21(12-5-1)25-19-10-17-24(25)18-20-26(22-13-6-2-7-14-22)23-15-8-3-9-16-23;;;/h1-9,11-16,24H,10,17-20H2;2*1H3;/q;2*-1;+2/p+2/t24-,25?;;;/m0.../s1. The van der Waals surface area contributed by atoms with E-state index in [1.165, 1.54) is 31.6 Å². The molecule has 3 heteroatoms. The van der Waals surface area contributed by atoms with Crippen LogP contribution in [0.4, 0.5) is 0 Å². The number of benzene rings is 3. The Balaban J connectivity index is 0.00000140. The van der Waals surface area contributed by atoms with Gasteiger partial charge in [-0.3, -0.25) is 0 Å². The maximum atomic E-state index is 2.38. The summed E-state index contributed by atoms with van der Waals surface area (Å²) in [6.45, 7) is 0. The number of hydrogen-bond acceptors (Lipinski definition) is 0. The second-order valence-electron chi connectivity index (χ2n) is 7.23. The van der Waals surface area contributed by atoms with Gasteiger partial charge in [-0.15, -0.1) is 0 Å². The first kappa shape index (κ1) is 26.2. The Morgan fingerprint density at radius 1 is 0.724 bits per heavy atom. The summed E-state index contributed by atoms with van der Waals surface area (Å²) < 4.78 is 0. The summed E-state index contributed by atoms with van der Waals surface area (Å²) in [4.78, 5) is 0. The van der Waals surface area contributed by atoms with Crippen molar-refractivity contribution in [2.24, 2.45) is 0 Å². The third kappa shape index (κ3) is 6.82. The zero-order valence-electron chi connectivity index (χ0n) is 17.6. The zero-order chi connectivity index (χ0) is 17.6. The van der Waals surface area contributed by atoms with Gasteiger partial charge < -0.3 is 14.9 Å². The van der Waals surface area contributed by atoms with Crippen molar-refractivity contribution in [2.75, 3.05) is 12.3 Å². The molecule has 4 rings (SSSR count). The van der Waals surface area contributed by atoms with Crippen molar-refractivity contribution in [3.63, 3.8) is 0 Å². The fraction of sp³-hybridized carbons (Fsp3) is 0.231. The molecule has 0 saturated carbocycles. The molecule has 0 N–H and O–H groups in total. The Kier molecular flexibility index (Phi) is 12.1. The second-order valence-corrected chi connectivity index (χ2v) is 12.8. The molecule has 3 aromatic rings. The Morgan fingerprint density at radius 2 is 1.21 bits per heavy atom. The SMILES string of the molecule is [CH3-].[CH3-].[Rh+2].c1ccc([PH+](CC[C@@H]2CCC[PH+]2c2ccccc2)c2ccccc2)cc1. The quantitative estimate of drug-likeness (QED) is 0.222. The smallest absolute Gasteiger partial charge is 0.358 e. The van der Waals surface area contributed by atoms with Crippen LogP contribution in [0.5, 0.6) is 0 Å². The molecule has 0 bridgehead atoms. The van der Waals surface area contributed by atoms with Crippen molar-refractivity contribution in [1.29, 1.82) is 0 Å². The molecule has 1 aliphatic heterocycles. The average molecular weight is 511 g/mol. The van der Waals surface area contributed by atoms with E-state index in [4.69, 9.17) is 0 Å². The first-order valence-corrected chi connectivity index (χ1v) is 13.3. The minimum atomic E-state index is -0.675. The van der Waals surface area contributed by atoms with E-state index in [1.54, 1.807) is 15.9 Å². The summed E-state index contributed by atoms with van der Waals surface area (Å²) in [6, 6.07) is 33.9. The van der Waals surface area contributed by atoms with Crippen LogP contribution in [0.1, 0.15) is 19.3 Å². The van der Waals surface area contributed by atoms with E-state index in [-0.39, 0.29) is 42.3 Å². The van der Waals surface area contributed by atoms with Crippen LogP contribution in [0.2, 0.25) is 0 Å². The van der Waals surface area contributed by atoms with Gasteiger partial charge in [0.05, 0.1) is 41.8 Å². The fourth-order valence-corrected chi connectivity index (χ4v) is 10.8. The monoisotopic (exact) mass is 511 g/mol. The van der Waals surface area contributed by atoms with Crippen molar-refractivity contribution < 1.29 is 19.5 Å².